The van der Waals surface area contributed by atoms with Gasteiger partial charge < -0.3 is 10.2 Å². The molecule has 1 heterocycles. The van der Waals surface area contributed by atoms with Crippen LogP contribution in [0.15, 0.2) is 0 Å². The fraction of sp³-hybridized carbons (Fsp3) is 1.00. The van der Waals surface area contributed by atoms with Gasteiger partial charge in [0.25, 0.3) is 0 Å². The lowest BCUT2D eigenvalue weighted by atomic mass is 9.94. The van der Waals surface area contributed by atoms with Gasteiger partial charge >= 0.3 is 0 Å². The van der Waals surface area contributed by atoms with Gasteiger partial charge in [0.15, 0.2) is 0 Å². The van der Waals surface area contributed by atoms with Crippen LogP contribution >= 0.6 is 0 Å². The molecule has 1 N–H and O–H groups in total. The predicted molar refractivity (Wildman–Crippen MR) is 74.3 cm³/mol. The SMILES string of the molecule is CCCN(CCCC1CCCNC1)CC1CC1. The van der Waals surface area contributed by atoms with Crippen LogP contribution in [0.25, 0.3) is 0 Å². The Hall–Kier alpha value is -0.0800. The van der Waals surface area contributed by atoms with Crippen molar-refractivity contribution in [3.05, 3.63) is 0 Å². The minimum absolute atomic E-state index is 0.966. The molecule has 0 spiro atoms. The van der Waals surface area contributed by atoms with Crippen LogP contribution in [0.3, 0.4) is 0 Å². The molecule has 0 bridgehead atoms. The Kier molecular flexibility index (Phi) is 5.79. The van der Waals surface area contributed by atoms with Gasteiger partial charge in [-0.3, -0.25) is 0 Å². The van der Waals surface area contributed by atoms with Crippen molar-refractivity contribution in [3.63, 3.8) is 0 Å². The van der Waals surface area contributed by atoms with Gasteiger partial charge in [-0.25, -0.2) is 0 Å². The molecule has 17 heavy (non-hydrogen) atoms. The molecular formula is C15H30N2. The van der Waals surface area contributed by atoms with Gasteiger partial charge in [0, 0.05) is 6.54 Å². The van der Waals surface area contributed by atoms with Gasteiger partial charge in [0.2, 0.25) is 0 Å². The second-order valence-electron chi connectivity index (χ2n) is 6.10. The first-order chi connectivity index (χ1) is 8.38. The van der Waals surface area contributed by atoms with Gasteiger partial charge in [0.05, 0.1) is 0 Å². The first-order valence-corrected chi connectivity index (χ1v) is 7.81. The molecule has 0 amide bonds. The third-order valence-corrected chi connectivity index (χ3v) is 4.24. The van der Waals surface area contributed by atoms with Gasteiger partial charge in [-0.05, 0) is 83.0 Å². The van der Waals surface area contributed by atoms with E-state index in [1.807, 2.05) is 0 Å². The fourth-order valence-corrected chi connectivity index (χ4v) is 3.05. The monoisotopic (exact) mass is 238 g/mol. The average molecular weight is 238 g/mol. The first-order valence-electron chi connectivity index (χ1n) is 7.81. The lowest BCUT2D eigenvalue weighted by Crippen LogP contribution is -2.31. The number of hydrogen-bond donors (Lipinski definition) is 1. The third-order valence-electron chi connectivity index (χ3n) is 4.24. The van der Waals surface area contributed by atoms with E-state index < -0.39 is 0 Å². The lowest BCUT2D eigenvalue weighted by molar-refractivity contribution is 0.244. The average Bonchev–Trinajstić information content (AvgIpc) is 3.15. The molecule has 1 aliphatic heterocycles. The summed E-state index contributed by atoms with van der Waals surface area (Å²) < 4.78 is 0. The summed E-state index contributed by atoms with van der Waals surface area (Å²) >= 11 is 0. The fourth-order valence-electron chi connectivity index (χ4n) is 3.05. The zero-order chi connectivity index (χ0) is 11.9. The summed E-state index contributed by atoms with van der Waals surface area (Å²) in [6.45, 7) is 8.89. The van der Waals surface area contributed by atoms with Crippen molar-refractivity contribution in [3.8, 4) is 0 Å². The molecule has 0 aromatic rings. The summed E-state index contributed by atoms with van der Waals surface area (Å²) in [5, 5.41) is 3.53. The Morgan fingerprint density at radius 3 is 2.65 bits per heavy atom. The second-order valence-corrected chi connectivity index (χ2v) is 6.10. The van der Waals surface area contributed by atoms with Crippen LogP contribution in [-0.2, 0) is 0 Å². The van der Waals surface area contributed by atoms with Crippen LogP contribution in [0.2, 0.25) is 0 Å². The molecule has 1 unspecified atom stereocenters. The van der Waals surface area contributed by atoms with Gasteiger partial charge in [-0.15, -0.1) is 0 Å². The summed E-state index contributed by atoms with van der Waals surface area (Å²) in [4.78, 5) is 2.72. The Morgan fingerprint density at radius 1 is 1.12 bits per heavy atom. The highest BCUT2D eigenvalue weighted by Crippen LogP contribution is 2.30. The Bertz CT molecular complexity index is 195. The summed E-state index contributed by atoms with van der Waals surface area (Å²) in [6.07, 6.45) is 10.0. The third kappa shape index (κ3) is 5.39. The van der Waals surface area contributed by atoms with Crippen molar-refractivity contribution in [2.75, 3.05) is 32.7 Å². The first kappa shape index (κ1) is 13.4. The number of hydrogen-bond acceptors (Lipinski definition) is 2. The van der Waals surface area contributed by atoms with E-state index in [0.717, 1.165) is 11.8 Å². The van der Waals surface area contributed by atoms with E-state index in [1.165, 1.54) is 77.7 Å². The van der Waals surface area contributed by atoms with Crippen molar-refractivity contribution in [1.82, 2.24) is 10.2 Å². The number of nitrogens with zero attached hydrogens (tertiary/aromatic N) is 1. The molecule has 1 atom stereocenters. The molecule has 2 nitrogen and oxygen atoms in total. The zero-order valence-electron chi connectivity index (χ0n) is 11.6. The Labute approximate surface area is 107 Å². The highest BCUT2D eigenvalue weighted by atomic mass is 15.1. The molecule has 100 valence electrons. The molecular weight excluding hydrogens is 208 g/mol. The quantitative estimate of drug-likeness (QED) is 0.699. The van der Waals surface area contributed by atoms with E-state index >= 15 is 0 Å². The van der Waals surface area contributed by atoms with Crippen LogP contribution < -0.4 is 5.32 Å². The maximum atomic E-state index is 3.53. The molecule has 0 aromatic heterocycles. The summed E-state index contributed by atoms with van der Waals surface area (Å²) in [5.41, 5.74) is 0. The van der Waals surface area contributed by atoms with Gasteiger partial charge in [-0.2, -0.15) is 0 Å². The molecule has 2 fully saturated rings. The maximum absolute atomic E-state index is 3.53. The molecule has 1 aliphatic carbocycles. The minimum atomic E-state index is 0.966. The van der Waals surface area contributed by atoms with E-state index in [4.69, 9.17) is 0 Å². The standard InChI is InChI=1S/C15H30N2/c1-2-10-17(13-15-7-8-15)11-4-6-14-5-3-9-16-12-14/h14-16H,2-13H2,1H3. The highest BCUT2D eigenvalue weighted by molar-refractivity contribution is 4.77. The molecule has 2 heteroatoms. The smallest absolute Gasteiger partial charge is 0.000966 e. The van der Waals surface area contributed by atoms with E-state index in [1.54, 1.807) is 0 Å². The van der Waals surface area contributed by atoms with Crippen LogP contribution in [-0.4, -0.2) is 37.6 Å². The molecule has 1 saturated heterocycles. The van der Waals surface area contributed by atoms with Crippen LogP contribution in [0.1, 0.15) is 51.9 Å². The normalized spacial score (nSPS) is 25.4. The predicted octanol–water partition coefficient (Wildman–Crippen LogP) is 2.89. The number of nitrogens with one attached hydrogen (secondary N) is 1. The molecule has 2 aliphatic rings. The van der Waals surface area contributed by atoms with E-state index in [0.29, 0.717) is 0 Å². The van der Waals surface area contributed by atoms with Crippen molar-refractivity contribution in [2.24, 2.45) is 11.8 Å². The summed E-state index contributed by atoms with van der Waals surface area (Å²) in [7, 11) is 0. The maximum Gasteiger partial charge on any atom is 0.000966 e. The van der Waals surface area contributed by atoms with Crippen LogP contribution in [0.4, 0.5) is 0 Å². The summed E-state index contributed by atoms with van der Waals surface area (Å²) in [5.74, 6) is 2.02. The lowest BCUT2D eigenvalue weighted by Gasteiger charge is -2.25. The van der Waals surface area contributed by atoms with E-state index in [9.17, 15) is 0 Å². The molecule has 1 saturated carbocycles. The highest BCUT2D eigenvalue weighted by Gasteiger charge is 2.23. The van der Waals surface area contributed by atoms with E-state index in [2.05, 4.69) is 17.1 Å². The minimum Gasteiger partial charge on any atom is -0.316 e. The van der Waals surface area contributed by atoms with Crippen molar-refractivity contribution in [1.29, 1.82) is 0 Å². The second kappa shape index (κ2) is 7.38. The number of piperidine rings is 1. The summed E-state index contributed by atoms with van der Waals surface area (Å²) in [6, 6.07) is 0. The molecule has 0 aromatic carbocycles. The Morgan fingerprint density at radius 2 is 2.00 bits per heavy atom. The van der Waals surface area contributed by atoms with Gasteiger partial charge in [-0.1, -0.05) is 6.92 Å². The largest absolute Gasteiger partial charge is 0.316 e. The van der Waals surface area contributed by atoms with Crippen LogP contribution in [0, 0.1) is 11.8 Å². The molecule has 2 rings (SSSR count). The molecule has 0 radical (unpaired) electrons. The zero-order valence-corrected chi connectivity index (χ0v) is 11.6. The van der Waals surface area contributed by atoms with Crippen LogP contribution in [0.5, 0.6) is 0 Å². The van der Waals surface area contributed by atoms with Gasteiger partial charge in [0.1, 0.15) is 0 Å². The Balaban J connectivity index is 1.56. The number of rotatable bonds is 8. The van der Waals surface area contributed by atoms with Crippen molar-refractivity contribution < 1.29 is 0 Å². The van der Waals surface area contributed by atoms with E-state index in [-0.39, 0.29) is 0 Å². The van der Waals surface area contributed by atoms with Crippen molar-refractivity contribution >= 4 is 0 Å². The van der Waals surface area contributed by atoms with Crippen molar-refractivity contribution in [2.45, 2.75) is 51.9 Å². The topological polar surface area (TPSA) is 15.3 Å².